The number of carbonyl (C=O) groups is 1. The lowest BCUT2D eigenvalue weighted by Gasteiger charge is -2.10. The highest BCUT2D eigenvalue weighted by Crippen LogP contribution is 2.22. The summed E-state index contributed by atoms with van der Waals surface area (Å²) in [6, 6.07) is 9.12. The largest absolute Gasteiger partial charge is 0.438 e. The van der Waals surface area contributed by atoms with Crippen LogP contribution in [-0.4, -0.2) is 5.97 Å². The summed E-state index contributed by atoms with van der Waals surface area (Å²) in [6.07, 6.45) is 0. The highest BCUT2D eigenvalue weighted by molar-refractivity contribution is 6.20. The van der Waals surface area contributed by atoms with E-state index in [1.54, 1.807) is 19.1 Å². The number of carbonyl (C=O) groups excluding carboxylic acids is 1. The van der Waals surface area contributed by atoms with E-state index in [4.69, 9.17) is 16.3 Å². The molecule has 1 rings (SSSR count). The average Bonchev–Trinajstić information content (AvgIpc) is 2.19. The SMILES string of the molecule is C=C(C)C(=O)OC(Cl)c1ccccc1. The highest BCUT2D eigenvalue weighted by Gasteiger charge is 2.13. The van der Waals surface area contributed by atoms with E-state index >= 15 is 0 Å². The number of hydrogen-bond acceptors (Lipinski definition) is 2. The summed E-state index contributed by atoms with van der Waals surface area (Å²) in [5, 5.41) is 0. The molecule has 1 unspecified atom stereocenters. The lowest BCUT2D eigenvalue weighted by molar-refractivity contribution is -0.140. The Hall–Kier alpha value is -1.28. The van der Waals surface area contributed by atoms with Crippen molar-refractivity contribution in [3.05, 3.63) is 48.0 Å². The van der Waals surface area contributed by atoms with E-state index in [1.165, 1.54) is 0 Å². The van der Waals surface area contributed by atoms with E-state index in [-0.39, 0.29) is 0 Å². The molecular weight excluding hydrogens is 200 g/mol. The summed E-state index contributed by atoms with van der Waals surface area (Å²) in [6.45, 7) is 5.05. The Labute approximate surface area is 88.1 Å². The molecule has 1 aromatic rings. The molecule has 0 spiro atoms. The molecule has 0 radical (unpaired) electrons. The van der Waals surface area contributed by atoms with E-state index < -0.39 is 11.5 Å². The molecule has 1 atom stereocenters. The van der Waals surface area contributed by atoms with Gasteiger partial charge in [0.1, 0.15) is 0 Å². The molecule has 0 amide bonds. The molecule has 14 heavy (non-hydrogen) atoms. The fraction of sp³-hybridized carbons (Fsp3) is 0.182. The van der Waals surface area contributed by atoms with Crippen molar-refractivity contribution in [1.29, 1.82) is 0 Å². The Morgan fingerprint density at radius 2 is 2.00 bits per heavy atom. The number of hydrogen-bond donors (Lipinski definition) is 0. The first-order valence-corrected chi connectivity index (χ1v) is 4.60. The summed E-state index contributed by atoms with van der Waals surface area (Å²) in [5.74, 6) is -0.478. The molecule has 0 N–H and O–H groups in total. The van der Waals surface area contributed by atoms with E-state index in [2.05, 4.69) is 6.58 Å². The molecule has 1 aromatic carbocycles. The fourth-order valence-electron chi connectivity index (χ4n) is 0.867. The van der Waals surface area contributed by atoms with Crippen molar-refractivity contribution in [2.24, 2.45) is 0 Å². The number of esters is 1. The molecule has 74 valence electrons. The molecule has 2 nitrogen and oxygen atoms in total. The van der Waals surface area contributed by atoms with Gasteiger partial charge in [0.2, 0.25) is 5.56 Å². The van der Waals surface area contributed by atoms with E-state index in [0.717, 1.165) is 5.56 Å². The van der Waals surface area contributed by atoms with Gasteiger partial charge in [0.15, 0.2) is 0 Å². The van der Waals surface area contributed by atoms with Crippen LogP contribution in [0.5, 0.6) is 0 Å². The third kappa shape index (κ3) is 2.89. The zero-order chi connectivity index (χ0) is 10.6. The zero-order valence-corrected chi connectivity index (χ0v) is 8.62. The Kier molecular flexibility index (Phi) is 3.72. The van der Waals surface area contributed by atoms with Crippen LogP contribution in [0.2, 0.25) is 0 Å². The minimum absolute atomic E-state index is 0.339. The maximum Gasteiger partial charge on any atom is 0.334 e. The molecule has 0 saturated carbocycles. The standard InChI is InChI=1S/C11H11ClO2/c1-8(2)11(13)14-10(12)9-6-4-3-5-7-9/h3-7,10H,1H2,2H3. The average molecular weight is 211 g/mol. The van der Waals surface area contributed by atoms with Crippen LogP contribution in [0.4, 0.5) is 0 Å². The minimum Gasteiger partial charge on any atom is -0.438 e. The van der Waals surface area contributed by atoms with Gasteiger partial charge in [0, 0.05) is 11.1 Å². The lowest BCUT2D eigenvalue weighted by Crippen LogP contribution is -2.07. The van der Waals surface area contributed by atoms with Crippen LogP contribution in [0.1, 0.15) is 18.1 Å². The first-order chi connectivity index (χ1) is 6.61. The number of rotatable bonds is 3. The van der Waals surface area contributed by atoms with Gasteiger partial charge in [0.25, 0.3) is 0 Å². The van der Waals surface area contributed by atoms with Crippen LogP contribution in [-0.2, 0) is 9.53 Å². The summed E-state index contributed by atoms with van der Waals surface area (Å²) < 4.78 is 4.92. The molecule has 0 aromatic heterocycles. The van der Waals surface area contributed by atoms with E-state index in [1.807, 2.05) is 18.2 Å². The van der Waals surface area contributed by atoms with Crippen LogP contribution in [0.3, 0.4) is 0 Å². The Morgan fingerprint density at radius 3 is 2.50 bits per heavy atom. The predicted octanol–water partition coefficient (Wildman–Crippen LogP) is 3.04. The molecule has 0 aliphatic heterocycles. The molecule has 0 bridgehead atoms. The molecule has 0 saturated heterocycles. The highest BCUT2D eigenvalue weighted by atomic mass is 35.5. The summed E-state index contributed by atoms with van der Waals surface area (Å²) >= 11 is 5.86. The van der Waals surface area contributed by atoms with E-state index in [9.17, 15) is 4.79 Å². The molecule has 0 heterocycles. The van der Waals surface area contributed by atoms with Gasteiger partial charge in [-0.05, 0) is 6.92 Å². The maximum absolute atomic E-state index is 11.1. The van der Waals surface area contributed by atoms with Crippen molar-refractivity contribution < 1.29 is 9.53 Å². The predicted molar refractivity (Wildman–Crippen MR) is 55.9 cm³/mol. The summed E-state index contributed by atoms with van der Waals surface area (Å²) in [4.78, 5) is 11.1. The Morgan fingerprint density at radius 1 is 1.43 bits per heavy atom. The molecular formula is C11H11ClO2. The van der Waals surface area contributed by atoms with Gasteiger partial charge >= 0.3 is 5.97 Å². The van der Waals surface area contributed by atoms with Gasteiger partial charge in [0.05, 0.1) is 0 Å². The van der Waals surface area contributed by atoms with Crippen molar-refractivity contribution >= 4 is 17.6 Å². The second-order valence-corrected chi connectivity index (χ2v) is 3.31. The monoisotopic (exact) mass is 210 g/mol. The van der Waals surface area contributed by atoms with Crippen molar-refractivity contribution in [3.8, 4) is 0 Å². The number of alkyl halides is 1. The van der Waals surface area contributed by atoms with Crippen molar-refractivity contribution in [2.75, 3.05) is 0 Å². The van der Waals surface area contributed by atoms with Crippen molar-refractivity contribution in [2.45, 2.75) is 12.5 Å². The van der Waals surface area contributed by atoms with Gasteiger partial charge < -0.3 is 4.74 Å². The van der Waals surface area contributed by atoms with Crippen molar-refractivity contribution in [1.82, 2.24) is 0 Å². The normalized spacial score (nSPS) is 11.9. The second-order valence-electron chi connectivity index (χ2n) is 2.91. The number of ether oxygens (including phenoxy) is 1. The molecule has 0 fully saturated rings. The van der Waals surface area contributed by atoms with Gasteiger partial charge in [-0.1, -0.05) is 48.5 Å². The van der Waals surface area contributed by atoms with Gasteiger partial charge in [-0.2, -0.15) is 0 Å². The van der Waals surface area contributed by atoms with Crippen LogP contribution in [0.25, 0.3) is 0 Å². The van der Waals surface area contributed by atoms with Crippen molar-refractivity contribution in [3.63, 3.8) is 0 Å². The van der Waals surface area contributed by atoms with Gasteiger partial charge in [-0.25, -0.2) is 4.79 Å². The number of halogens is 1. The summed E-state index contributed by atoms with van der Waals surface area (Å²) in [7, 11) is 0. The smallest absolute Gasteiger partial charge is 0.334 e. The first-order valence-electron chi connectivity index (χ1n) is 4.17. The fourth-order valence-corrected chi connectivity index (χ4v) is 1.09. The second kappa shape index (κ2) is 4.82. The van der Waals surface area contributed by atoms with E-state index in [0.29, 0.717) is 5.57 Å². The third-order valence-corrected chi connectivity index (χ3v) is 1.96. The minimum atomic E-state index is -0.750. The molecule has 3 heteroatoms. The van der Waals surface area contributed by atoms with Crippen LogP contribution in [0, 0.1) is 0 Å². The van der Waals surface area contributed by atoms with Crippen LogP contribution < -0.4 is 0 Å². The third-order valence-electron chi connectivity index (χ3n) is 1.62. The van der Waals surface area contributed by atoms with Crippen LogP contribution >= 0.6 is 11.6 Å². The Bertz CT molecular complexity index is 332. The maximum atomic E-state index is 11.1. The van der Waals surface area contributed by atoms with Crippen LogP contribution in [0.15, 0.2) is 42.5 Å². The zero-order valence-electron chi connectivity index (χ0n) is 7.87. The topological polar surface area (TPSA) is 26.3 Å². The first kappa shape index (κ1) is 10.8. The quantitative estimate of drug-likeness (QED) is 0.436. The van der Waals surface area contributed by atoms with Gasteiger partial charge in [-0.15, -0.1) is 0 Å². The molecule has 0 aliphatic carbocycles. The number of benzene rings is 1. The van der Waals surface area contributed by atoms with Gasteiger partial charge in [-0.3, -0.25) is 0 Å². The lowest BCUT2D eigenvalue weighted by atomic mass is 10.2. The summed E-state index contributed by atoms with van der Waals surface area (Å²) in [5.41, 5.74) is 0.343. The Balaban J connectivity index is 2.64. The molecule has 0 aliphatic rings.